The number of anilines is 2. The molecule has 0 radical (unpaired) electrons. The first-order chi connectivity index (χ1) is 8.74. The van der Waals surface area contributed by atoms with Gasteiger partial charge in [0.1, 0.15) is 11.6 Å². The van der Waals surface area contributed by atoms with E-state index in [0.717, 1.165) is 5.56 Å². The predicted octanol–water partition coefficient (Wildman–Crippen LogP) is 1.63. The third kappa shape index (κ3) is 3.55. The summed E-state index contributed by atoms with van der Waals surface area (Å²) in [5.74, 6) is 0.793. The van der Waals surface area contributed by atoms with Crippen LogP contribution in [0.4, 0.5) is 11.6 Å². The molecule has 2 heterocycles. The van der Waals surface area contributed by atoms with Gasteiger partial charge in [-0.1, -0.05) is 6.07 Å². The van der Waals surface area contributed by atoms with Gasteiger partial charge in [-0.25, -0.2) is 4.98 Å². The van der Waals surface area contributed by atoms with E-state index >= 15 is 0 Å². The second-order valence-electron chi connectivity index (χ2n) is 3.85. The van der Waals surface area contributed by atoms with Gasteiger partial charge in [-0.05, 0) is 36.2 Å². The zero-order valence-electron chi connectivity index (χ0n) is 9.84. The van der Waals surface area contributed by atoms with Crippen molar-refractivity contribution in [2.24, 2.45) is 0 Å². The zero-order chi connectivity index (χ0) is 12.8. The minimum Gasteiger partial charge on any atom is -0.384 e. The largest absolute Gasteiger partial charge is 0.384 e. The van der Waals surface area contributed by atoms with Gasteiger partial charge < -0.3 is 11.1 Å². The van der Waals surface area contributed by atoms with E-state index in [0.29, 0.717) is 24.5 Å². The molecular formula is C13H14N4O. The predicted molar refractivity (Wildman–Crippen MR) is 69.8 cm³/mol. The number of aromatic nitrogens is 2. The van der Waals surface area contributed by atoms with Crippen LogP contribution in [-0.4, -0.2) is 15.9 Å². The lowest BCUT2D eigenvalue weighted by Crippen LogP contribution is -2.13. The molecule has 0 unspecified atom stereocenters. The first kappa shape index (κ1) is 12.0. The quantitative estimate of drug-likeness (QED) is 0.853. The number of nitrogen functional groups attached to an aromatic ring is 1. The molecule has 3 N–H and O–H groups in total. The second kappa shape index (κ2) is 5.77. The van der Waals surface area contributed by atoms with E-state index in [2.05, 4.69) is 15.3 Å². The molecule has 0 aliphatic rings. The topological polar surface area (TPSA) is 80.9 Å². The van der Waals surface area contributed by atoms with Crippen molar-refractivity contribution in [2.45, 2.75) is 12.8 Å². The van der Waals surface area contributed by atoms with E-state index in [9.17, 15) is 4.79 Å². The van der Waals surface area contributed by atoms with Crippen LogP contribution in [0.1, 0.15) is 12.0 Å². The summed E-state index contributed by atoms with van der Waals surface area (Å²) in [7, 11) is 0. The highest BCUT2D eigenvalue weighted by Gasteiger charge is 2.04. The van der Waals surface area contributed by atoms with Crippen LogP contribution in [0.15, 0.2) is 42.7 Å². The fourth-order valence-electron chi connectivity index (χ4n) is 1.53. The molecule has 0 fully saturated rings. The third-order valence-corrected chi connectivity index (χ3v) is 2.43. The van der Waals surface area contributed by atoms with Crippen molar-refractivity contribution < 1.29 is 4.79 Å². The highest BCUT2D eigenvalue weighted by molar-refractivity contribution is 5.90. The number of carbonyl (C=O) groups is 1. The van der Waals surface area contributed by atoms with Crippen molar-refractivity contribution in [2.75, 3.05) is 11.1 Å². The first-order valence-corrected chi connectivity index (χ1v) is 5.65. The molecule has 1 amide bonds. The molecule has 5 nitrogen and oxygen atoms in total. The Kier molecular flexibility index (Phi) is 3.86. The van der Waals surface area contributed by atoms with Crippen LogP contribution >= 0.6 is 0 Å². The van der Waals surface area contributed by atoms with Crippen LogP contribution in [-0.2, 0) is 11.2 Å². The van der Waals surface area contributed by atoms with Gasteiger partial charge in [-0.15, -0.1) is 0 Å². The minimum absolute atomic E-state index is 0.0788. The van der Waals surface area contributed by atoms with Crippen molar-refractivity contribution in [3.8, 4) is 0 Å². The van der Waals surface area contributed by atoms with Crippen LogP contribution in [0.5, 0.6) is 0 Å². The van der Waals surface area contributed by atoms with Crippen LogP contribution in [0.2, 0.25) is 0 Å². The summed E-state index contributed by atoms with van der Waals surface area (Å²) in [6, 6.07) is 8.92. The number of hydrogen-bond donors (Lipinski definition) is 2. The van der Waals surface area contributed by atoms with Crippen molar-refractivity contribution in [3.05, 3.63) is 48.3 Å². The number of aryl methyl sites for hydroxylation is 1. The van der Waals surface area contributed by atoms with Gasteiger partial charge >= 0.3 is 0 Å². The van der Waals surface area contributed by atoms with Crippen LogP contribution in [0.3, 0.4) is 0 Å². The maximum absolute atomic E-state index is 11.7. The lowest BCUT2D eigenvalue weighted by atomic mass is 10.1. The molecule has 0 saturated heterocycles. The Hall–Kier alpha value is -2.43. The number of pyridine rings is 2. The molecule has 0 bridgehead atoms. The van der Waals surface area contributed by atoms with Crippen molar-refractivity contribution >= 4 is 17.5 Å². The minimum atomic E-state index is -0.0788. The smallest absolute Gasteiger partial charge is 0.225 e. The number of amides is 1. The summed E-state index contributed by atoms with van der Waals surface area (Å²) in [4.78, 5) is 19.6. The molecule has 5 heteroatoms. The number of hydrogen-bond acceptors (Lipinski definition) is 4. The van der Waals surface area contributed by atoms with Gasteiger partial charge in [-0.3, -0.25) is 9.78 Å². The van der Waals surface area contributed by atoms with Gasteiger partial charge in [-0.2, -0.15) is 0 Å². The number of nitrogens with one attached hydrogen (secondary N) is 1. The summed E-state index contributed by atoms with van der Waals surface area (Å²) >= 11 is 0. The molecular weight excluding hydrogens is 228 g/mol. The number of nitrogens with zero attached hydrogens (tertiary/aromatic N) is 2. The van der Waals surface area contributed by atoms with Gasteiger partial charge in [0.15, 0.2) is 0 Å². The Morgan fingerprint density at radius 3 is 2.72 bits per heavy atom. The van der Waals surface area contributed by atoms with E-state index < -0.39 is 0 Å². The standard InChI is InChI=1S/C13H14N4O/c14-11-2-1-3-12(16-11)17-13(18)5-4-10-6-8-15-9-7-10/h1-3,6-9H,4-5H2,(H3,14,16,17,18). The summed E-state index contributed by atoms with van der Waals surface area (Å²) < 4.78 is 0. The summed E-state index contributed by atoms with van der Waals surface area (Å²) in [6.45, 7) is 0. The van der Waals surface area contributed by atoms with E-state index in [-0.39, 0.29) is 5.91 Å². The van der Waals surface area contributed by atoms with E-state index in [1.165, 1.54) is 0 Å². The van der Waals surface area contributed by atoms with E-state index in [4.69, 9.17) is 5.73 Å². The van der Waals surface area contributed by atoms with Crippen LogP contribution < -0.4 is 11.1 Å². The Morgan fingerprint density at radius 2 is 2.00 bits per heavy atom. The molecule has 0 aliphatic heterocycles. The van der Waals surface area contributed by atoms with Gasteiger partial charge in [0, 0.05) is 18.8 Å². The normalized spacial score (nSPS) is 10.0. The van der Waals surface area contributed by atoms with E-state index in [1.807, 2.05) is 12.1 Å². The zero-order valence-corrected chi connectivity index (χ0v) is 9.84. The Bertz CT molecular complexity index is 528. The second-order valence-corrected chi connectivity index (χ2v) is 3.85. The Labute approximate surface area is 105 Å². The number of carbonyl (C=O) groups excluding carboxylic acids is 1. The molecule has 0 spiro atoms. The maximum Gasteiger partial charge on any atom is 0.225 e. The molecule has 2 rings (SSSR count). The lowest BCUT2D eigenvalue weighted by molar-refractivity contribution is -0.116. The molecule has 2 aromatic rings. The highest BCUT2D eigenvalue weighted by Crippen LogP contribution is 2.07. The fraction of sp³-hybridized carbons (Fsp3) is 0.154. The molecule has 2 aromatic heterocycles. The van der Waals surface area contributed by atoms with Gasteiger partial charge in [0.05, 0.1) is 0 Å². The maximum atomic E-state index is 11.7. The summed E-state index contributed by atoms with van der Waals surface area (Å²) in [5, 5.41) is 2.71. The van der Waals surface area contributed by atoms with E-state index in [1.54, 1.807) is 30.6 Å². The first-order valence-electron chi connectivity index (χ1n) is 5.65. The molecule has 0 saturated carbocycles. The fourth-order valence-corrected chi connectivity index (χ4v) is 1.53. The van der Waals surface area contributed by atoms with Crippen molar-refractivity contribution in [3.63, 3.8) is 0 Å². The van der Waals surface area contributed by atoms with Gasteiger partial charge in [0.2, 0.25) is 5.91 Å². The molecule has 0 atom stereocenters. The lowest BCUT2D eigenvalue weighted by Gasteiger charge is -2.04. The molecule has 0 aliphatic carbocycles. The summed E-state index contributed by atoms with van der Waals surface area (Å²) in [5.41, 5.74) is 6.61. The third-order valence-electron chi connectivity index (χ3n) is 2.43. The number of rotatable bonds is 4. The number of nitrogens with two attached hydrogens (primary N) is 1. The Morgan fingerprint density at radius 1 is 1.22 bits per heavy atom. The monoisotopic (exact) mass is 242 g/mol. The van der Waals surface area contributed by atoms with Crippen molar-refractivity contribution in [1.82, 2.24) is 9.97 Å². The van der Waals surface area contributed by atoms with Crippen molar-refractivity contribution in [1.29, 1.82) is 0 Å². The molecule has 18 heavy (non-hydrogen) atoms. The highest BCUT2D eigenvalue weighted by atomic mass is 16.1. The Balaban J connectivity index is 1.86. The van der Waals surface area contributed by atoms with Crippen LogP contribution in [0, 0.1) is 0 Å². The summed E-state index contributed by atoms with van der Waals surface area (Å²) in [6.07, 6.45) is 4.51. The van der Waals surface area contributed by atoms with Crippen LogP contribution in [0.25, 0.3) is 0 Å². The SMILES string of the molecule is Nc1cccc(NC(=O)CCc2ccncc2)n1. The molecule has 0 aromatic carbocycles. The average Bonchev–Trinajstić information content (AvgIpc) is 2.38. The molecule has 92 valence electrons. The average molecular weight is 242 g/mol. The van der Waals surface area contributed by atoms with Gasteiger partial charge in [0.25, 0.3) is 0 Å².